The standard InChI is InChI=1S/C15H15NO3/c1-3-10-7-8-11(9-17)14-12(10)5-4-6-13(14)15(18)16-19-2/h4-9H,3H2,1-2H3,(H,16,18). The Bertz CT molecular complexity index is 635. The first-order chi connectivity index (χ1) is 9.22. The number of aryl methyl sites for hydroxylation is 1. The van der Waals surface area contributed by atoms with Gasteiger partial charge in [0.15, 0.2) is 6.29 Å². The molecule has 2 rings (SSSR count). The highest BCUT2D eigenvalue weighted by molar-refractivity contribution is 6.12. The highest BCUT2D eigenvalue weighted by atomic mass is 16.6. The molecule has 4 nitrogen and oxygen atoms in total. The average molecular weight is 257 g/mol. The van der Waals surface area contributed by atoms with Gasteiger partial charge >= 0.3 is 0 Å². The monoisotopic (exact) mass is 257 g/mol. The van der Waals surface area contributed by atoms with Crippen LogP contribution in [-0.2, 0) is 11.3 Å². The van der Waals surface area contributed by atoms with Gasteiger partial charge < -0.3 is 0 Å². The van der Waals surface area contributed by atoms with E-state index in [0.717, 1.165) is 23.7 Å². The molecule has 0 radical (unpaired) electrons. The summed E-state index contributed by atoms with van der Waals surface area (Å²) in [5, 5.41) is 1.60. The summed E-state index contributed by atoms with van der Waals surface area (Å²) in [5.41, 5.74) is 4.34. The summed E-state index contributed by atoms with van der Waals surface area (Å²) in [6.45, 7) is 2.04. The first-order valence-electron chi connectivity index (χ1n) is 6.06. The first-order valence-corrected chi connectivity index (χ1v) is 6.06. The molecule has 0 fully saturated rings. The second kappa shape index (κ2) is 5.63. The fourth-order valence-corrected chi connectivity index (χ4v) is 2.24. The van der Waals surface area contributed by atoms with Gasteiger partial charge in [0, 0.05) is 10.9 Å². The molecule has 1 amide bonds. The van der Waals surface area contributed by atoms with E-state index in [9.17, 15) is 9.59 Å². The first kappa shape index (κ1) is 13.2. The Kier molecular flexibility index (Phi) is 3.92. The molecule has 0 saturated heterocycles. The molecule has 0 aliphatic carbocycles. The SMILES string of the molecule is CCc1ccc(C=O)c2c(C(=O)NOC)cccc12. The van der Waals surface area contributed by atoms with Crippen molar-refractivity contribution in [2.45, 2.75) is 13.3 Å². The minimum absolute atomic E-state index is 0.357. The zero-order valence-corrected chi connectivity index (χ0v) is 10.9. The molecule has 0 aliphatic heterocycles. The Labute approximate surface area is 111 Å². The average Bonchev–Trinajstić information content (AvgIpc) is 2.45. The number of benzene rings is 2. The van der Waals surface area contributed by atoms with E-state index in [1.807, 2.05) is 19.1 Å². The molecule has 0 heterocycles. The number of rotatable bonds is 4. The normalized spacial score (nSPS) is 10.4. The Morgan fingerprint density at radius 2 is 2.11 bits per heavy atom. The van der Waals surface area contributed by atoms with Gasteiger partial charge in [0.25, 0.3) is 5.91 Å². The number of hydrogen-bond acceptors (Lipinski definition) is 3. The number of hydrogen-bond donors (Lipinski definition) is 1. The molecule has 2 aromatic rings. The second-order valence-electron chi connectivity index (χ2n) is 4.15. The quantitative estimate of drug-likeness (QED) is 0.676. The minimum atomic E-state index is -0.357. The molecule has 0 spiro atoms. The molecule has 1 N–H and O–H groups in total. The third kappa shape index (κ3) is 2.35. The lowest BCUT2D eigenvalue weighted by Crippen LogP contribution is -2.22. The van der Waals surface area contributed by atoms with Crippen molar-refractivity contribution in [3.05, 3.63) is 47.0 Å². The fraction of sp³-hybridized carbons (Fsp3) is 0.200. The van der Waals surface area contributed by atoms with E-state index in [1.54, 1.807) is 18.2 Å². The van der Waals surface area contributed by atoms with Gasteiger partial charge in [0.2, 0.25) is 0 Å². The lowest BCUT2D eigenvalue weighted by Gasteiger charge is -2.11. The fourth-order valence-electron chi connectivity index (χ4n) is 2.24. The van der Waals surface area contributed by atoms with E-state index in [1.165, 1.54) is 7.11 Å². The molecule has 4 heteroatoms. The summed E-state index contributed by atoms with van der Waals surface area (Å²) < 4.78 is 0. The number of aldehydes is 1. The van der Waals surface area contributed by atoms with Crippen molar-refractivity contribution < 1.29 is 14.4 Å². The van der Waals surface area contributed by atoms with Gasteiger partial charge in [0.05, 0.1) is 12.7 Å². The summed E-state index contributed by atoms with van der Waals surface area (Å²) >= 11 is 0. The summed E-state index contributed by atoms with van der Waals surface area (Å²) in [7, 11) is 1.38. The van der Waals surface area contributed by atoms with Crippen LogP contribution >= 0.6 is 0 Å². The topological polar surface area (TPSA) is 55.4 Å². The smallest absolute Gasteiger partial charge is 0.275 e. The van der Waals surface area contributed by atoms with E-state index in [0.29, 0.717) is 16.5 Å². The summed E-state index contributed by atoms with van der Waals surface area (Å²) in [6.07, 6.45) is 1.61. The van der Waals surface area contributed by atoms with Crippen LogP contribution in [-0.4, -0.2) is 19.3 Å². The van der Waals surface area contributed by atoms with Crippen LogP contribution in [0, 0.1) is 0 Å². The predicted octanol–water partition coefficient (Wildman–Crippen LogP) is 2.51. The van der Waals surface area contributed by atoms with Gasteiger partial charge in [0.1, 0.15) is 0 Å². The van der Waals surface area contributed by atoms with E-state index in [-0.39, 0.29) is 5.91 Å². The van der Waals surface area contributed by atoms with Crippen LogP contribution in [0.15, 0.2) is 30.3 Å². The van der Waals surface area contributed by atoms with Crippen molar-refractivity contribution in [2.24, 2.45) is 0 Å². The van der Waals surface area contributed by atoms with E-state index >= 15 is 0 Å². The molecule has 19 heavy (non-hydrogen) atoms. The number of amides is 1. The second-order valence-corrected chi connectivity index (χ2v) is 4.15. The van der Waals surface area contributed by atoms with Gasteiger partial charge in [-0.2, -0.15) is 0 Å². The number of fused-ring (bicyclic) bond motifs is 1. The zero-order chi connectivity index (χ0) is 13.8. The molecule has 0 aromatic heterocycles. The number of carbonyl (C=O) groups excluding carboxylic acids is 2. The van der Waals surface area contributed by atoms with Crippen LogP contribution in [0.1, 0.15) is 33.2 Å². The lowest BCUT2D eigenvalue weighted by atomic mass is 9.94. The van der Waals surface area contributed by atoms with Gasteiger partial charge in [-0.1, -0.05) is 31.2 Å². The van der Waals surface area contributed by atoms with Crippen LogP contribution in [0.25, 0.3) is 10.8 Å². The van der Waals surface area contributed by atoms with Crippen molar-refractivity contribution in [2.75, 3.05) is 7.11 Å². The summed E-state index contributed by atoms with van der Waals surface area (Å²) in [5.74, 6) is -0.357. The third-order valence-corrected chi connectivity index (χ3v) is 3.11. The van der Waals surface area contributed by atoms with Crippen LogP contribution in [0.4, 0.5) is 0 Å². The molecular weight excluding hydrogens is 242 g/mol. The summed E-state index contributed by atoms with van der Waals surface area (Å²) in [6, 6.07) is 9.08. The molecule has 0 saturated carbocycles. The Morgan fingerprint density at radius 1 is 1.32 bits per heavy atom. The minimum Gasteiger partial charge on any atom is -0.298 e. The Morgan fingerprint density at radius 3 is 2.74 bits per heavy atom. The van der Waals surface area contributed by atoms with Crippen molar-refractivity contribution in [1.29, 1.82) is 0 Å². The van der Waals surface area contributed by atoms with Crippen molar-refractivity contribution in [3.63, 3.8) is 0 Å². The van der Waals surface area contributed by atoms with Crippen LogP contribution < -0.4 is 5.48 Å². The van der Waals surface area contributed by atoms with Gasteiger partial charge in [-0.15, -0.1) is 0 Å². The van der Waals surface area contributed by atoms with Crippen LogP contribution in [0.3, 0.4) is 0 Å². The van der Waals surface area contributed by atoms with Crippen molar-refractivity contribution >= 4 is 23.0 Å². The molecule has 0 unspecified atom stereocenters. The number of nitrogens with one attached hydrogen (secondary N) is 1. The van der Waals surface area contributed by atoms with Crippen LogP contribution in [0.5, 0.6) is 0 Å². The van der Waals surface area contributed by atoms with E-state index < -0.39 is 0 Å². The maximum atomic E-state index is 12.0. The van der Waals surface area contributed by atoms with Gasteiger partial charge in [-0.05, 0) is 23.4 Å². The molecule has 0 bridgehead atoms. The zero-order valence-electron chi connectivity index (χ0n) is 10.9. The molecular formula is C15H15NO3. The Hall–Kier alpha value is -2.20. The molecule has 98 valence electrons. The number of hydroxylamine groups is 1. The van der Waals surface area contributed by atoms with Gasteiger partial charge in [-0.25, -0.2) is 5.48 Å². The van der Waals surface area contributed by atoms with Gasteiger partial charge in [-0.3, -0.25) is 14.4 Å². The molecule has 0 aliphatic rings. The predicted molar refractivity (Wildman–Crippen MR) is 73.2 cm³/mol. The highest BCUT2D eigenvalue weighted by Crippen LogP contribution is 2.26. The largest absolute Gasteiger partial charge is 0.298 e. The summed E-state index contributed by atoms with van der Waals surface area (Å²) in [4.78, 5) is 27.8. The Balaban J connectivity index is 2.78. The number of carbonyl (C=O) groups is 2. The van der Waals surface area contributed by atoms with Crippen LogP contribution in [0.2, 0.25) is 0 Å². The van der Waals surface area contributed by atoms with E-state index in [4.69, 9.17) is 0 Å². The lowest BCUT2D eigenvalue weighted by molar-refractivity contribution is 0.0539. The molecule has 2 aromatic carbocycles. The van der Waals surface area contributed by atoms with E-state index in [2.05, 4.69) is 10.3 Å². The van der Waals surface area contributed by atoms with Crippen molar-refractivity contribution in [1.82, 2.24) is 5.48 Å². The third-order valence-electron chi connectivity index (χ3n) is 3.11. The maximum absolute atomic E-state index is 12.0. The van der Waals surface area contributed by atoms with Crippen molar-refractivity contribution in [3.8, 4) is 0 Å². The molecule has 0 atom stereocenters. The highest BCUT2D eigenvalue weighted by Gasteiger charge is 2.14. The maximum Gasteiger partial charge on any atom is 0.275 e.